The number of methoxy groups -OCH3 is 1. The van der Waals surface area contributed by atoms with Crippen molar-refractivity contribution in [2.45, 2.75) is 24.9 Å². The first kappa shape index (κ1) is 17.2. The largest absolute Gasteiger partial charge is 0.469 e. The number of hydrogen-bond acceptors (Lipinski definition) is 6. The molecule has 2 aromatic rings. The highest BCUT2D eigenvalue weighted by molar-refractivity contribution is 7.89. The van der Waals surface area contributed by atoms with E-state index in [1.807, 2.05) is 0 Å². The maximum atomic E-state index is 12.5. The number of esters is 1. The molecule has 2 aromatic heterocycles. The van der Waals surface area contributed by atoms with E-state index >= 15 is 0 Å². The van der Waals surface area contributed by atoms with Crippen molar-refractivity contribution in [1.82, 2.24) is 9.71 Å². The number of nitrogens with one attached hydrogen (secondary N) is 1. The summed E-state index contributed by atoms with van der Waals surface area (Å²) >= 11 is 0. The predicted octanol–water partition coefficient (Wildman–Crippen LogP) is 1.89. The monoisotopic (exact) mass is 338 g/mol. The van der Waals surface area contributed by atoms with E-state index in [1.165, 1.54) is 25.6 Å². The number of carbonyl (C=O) groups is 1. The number of carbonyl (C=O) groups excluding carboxylic acids is 1. The second-order valence-electron chi connectivity index (χ2n) is 5.45. The molecule has 0 bridgehead atoms. The van der Waals surface area contributed by atoms with E-state index in [-0.39, 0.29) is 5.03 Å². The van der Waals surface area contributed by atoms with Crippen LogP contribution in [0.15, 0.2) is 52.2 Å². The van der Waals surface area contributed by atoms with Crippen LogP contribution >= 0.6 is 0 Å². The van der Waals surface area contributed by atoms with Crippen LogP contribution < -0.4 is 4.72 Å². The van der Waals surface area contributed by atoms with Gasteiger partial charge in [0.25, 0.3) is 10.0 Å². The van der Waals surface area contributed by atoms with Crippen LogP contribution in [0.25, 0.3) is 0 Å². The number of aromatic nitrogens is 1. The van der Waals surface area contributed by atoms with Crippen molar-refractivity contribution in [3.8, 4) is 0 Å². The summed E-state index contributed by atoms with van der Waals surface area (Å²) in [5, 5.41) is -0.141. The third-order valence-corrected chi connectivity index (χ3v) is 4.79. The summed E-state index contributed by atoms with van der Waals surface area (Å²) in [6.45, 7) is 3.15. The molecule has 0 radical (unpaired) electrons. The van der Waals surface area contributed by atoms with Crippen LogP contribution in [0.5, 0.6) is 0 Å². The highest BCUT2D eigenvalue weighted by Gasteiger charge is 2.43. The van der Waals surface area contributed by atoms with Crippen LogP contribution in [0.1, 0.15) is 25.6 Å². The average molecular weight is 338 g/mol. The van der Waals surface area contributed by atoms with Gasteiger partial charge >= 0.3 is 5.97 Å². The molecule has 0 saturated carbocycles. The number of ether oxygens (including phenoxy) is 1. The Kier molecular flexibility index (Phi) is 4.86. The SMILES string of the molecule is COC(=O)C(C)(C)[C@H](NS(=O)(=O)c1ccccn1)c1ccco1. The Labute approximate surface area is 134 Å². The minimum absolute atomic E-state index is 0.141. The predicted molar refractivity (Wildman–Crippen MR) is 81.8 cm³/mol. The summed E-state index contributed by atoms with van der Waals surface area (Å²) in [5.41, 5.74) is -1.19. The van der Waals surface area contributed by atoms with Crippen molar-refractivity contribution in [2.75, 3.05) is 7.11 Å². The maximum absolute atomic E-state index is 12.5. The molecule has 0 aliphatic heterocycles. The molecule has 0 saturated heterocycles. The molecule has 0 aliphatic rings. The van der Waals surface area contributed by atoms with Gasteiger partial charge in [0.05, 0.1) is 24.8 Å². The molecule has 1 atom stereocenters. The van der Waals surface area contributed by atoms with Gasteiger partial charge in [-0.2, -0.15) is 4.72 Å². The van der Waals surface area contributed by atoms with Gasteiger partial charge in [0, 0.05) is 6.20 Å². The van der Waals surface area contributed by atoms with Crippen molar-refractivity contribution in [1.29, 1.82) is 0 Å². The van der Waals surface area contributed by atoms with Gasteiger partial charge < -0.3 is 9.15 Å². The number of pyridine rings is 1. The van der Waals surface area contributed by atoms with Crippen molar-refractivity contribution in [3.63, 3.8) is 0 Å². The molecule has 0 amide bonds. The van der Waals surface area contributed by atoms with Gasteiger partial charge in [0.1, 0.15) is 5.76 Å². The van der Waals surface area contributed by atoms with Gasteiger partial charge in [-0.25, -0.2) is 13.4 Å². The highest BCUT2D eigenvalue weighted by atomic mass is 32.2. The number of sulfonamides is 1. The lowest BCUT2D eigenvalue weighted by Gasteiger charge is -2.30. The first-order chi connectivity index (χ1) is 10.8. The van der Waals surface area contributed by atoms with Crippen LogP contribution in [-0.2, 0) is 19.6 Å². The third kappa shape index (κ3) is 3.59. The first-order valence-electron chi connectivity index (χ1n) is 6.84. The zero-order valence-corrected chi connectivity index (χ0v) is 13.8. The molecule has 0 aromatic carbocycles. The van der Waals surface area contributed by atoms with Crippen molar-refractivity contribution in [3.05, 3.63) is 48.6 Å². The van der Waals surface area contributed by atoms with Crippen molar-refractivity contribution >= 4 is 16.0 Å². The quantitative estimate of drug-likeness (QED) is 0.808. The van der Waals surface area contributed by atoms with Crippen LogP contribution in [0.4, 0.5) is 0 Å². The molecule has 2 heterocycles. The third-order valence-electron chi connectivity index (χ3n) is 3.45. The molecule has 8 heteroatoms. The Hall–Kier alpha value is -2.19. The zero-order chi connectivity index (χ0) is 17.1. The normalized spacial score (nSPS) is 13.5. The van der Waals surface area contributed by atoms with Crippen LogP contribution in [-0.4, -0.2) is 26.5 Å². The molecular formula is C15H18N2O5S. The summed E-state index contributed by atoms with van der Waals surface area (Å²) in [4.78, 5) is 15.9. The van der Waals surface area contributed by atoms with Gasteiger partial charge in [0.15, 0.2) is 5.03 Å². The summed E-state index contributed by atoms with van der Waals surface area (Å²) in [6.07, 6.45) is 2.78. The molecule has 0 unspecified atom stereocenters. The molecule has 0 spiro atoms. The fourth-order valence-electron chi connectivity index (χ4n) is 2.12. The van der Waals surface area contributed by atoms with E-state index in [1.54, 1.807) is 38.1 Å². The lowest BCUT2D eigenvalue weighted by molar-refractivity contribution is -0.152. The molecule has 7 nitrogen and oxygen atoms in total. The second kappa shape index (κ2) is 6.51. The number of hydrogen-bond donors (Lipinski definition) is 1. The highest BCUT2D eigenvalue weighted by Crippen LogP contribution is 2.36. The standard InChI is InChI=1S/C15H18N2O5S/c1-15(2,14(18)21-3)13(11-7-6-10-22-11)17-23(19,20)12-8-4-5-9-16-12/h4-10,13,17H,1-3H3/t13-/m1/s1. The Morgan fingerprint density at radius 2 is 2.04 bits per heavy atom. The van der Waals surface area contributed by atoms with E-state index in [9.17, 15) is 13.2 Å². The maximum Gasteiger partial charge on any atom is 0.313 e. The molecule has 1 N–H and O–H groups in total. The number of rotatable bonds is 6. The van der Waals surface area contributed by atoms with Gasteiger partial charge in [0.2, 0.25) is 0 Å². The van der Waals surface area contributed by atoms with Gasteiger partial charge in [-0.3, -0.25) is 4.79 Å². The Bertz CT molecular complexity index is 754. The first-order valence-corrected chi connectivity index (χ1v) is 8.32. The number of nitrogens with zero attached hydrogens (tertiary/aromatic N) is 1. The smallest absolute Gasteiger partial charge is 0.313 e. The van der Waals surface area contributed by atoms with E-state index in [0.717, 1.165) is 0 Å². The fourth-order valence-corrected chi connectivity index (χ4v) is 3.42. The van der Waals surface area contributed by atoms with Crippen molar-refractivity contribution in [2.24, 2.45) is 5.41 Å². The Morgan fingerprint density at radius 1 is 1.30 bits per heavy atom. The summed E-state index contributed by atoms with van der Waals surface area (Å²) in [5.74, 6) is -0.262. The van der Waals surface area contributed by atoms with Crippen molar-refractivity contribution < 1.29 is 22.4 Å². The summed E-state index contributed by atoms with van der Waals surface area (Å²) in [6, 6.07) is 6.81. The molecule has 23 heavy (non-hydrogen) atoms. The van der Waals surface area contributed by atoms with Crippen LogP contribution in [0.2, 0.25) is 0 Å². The van der Waals surface area contributed by atoms with Gasteiger partial charge in [-0.15, -0.1) is 0 Å². The topological polar surface area (TPSA) is 98.5 Å². The van der Waals surface area contributed by atoms with E-state index < -0.39 is 27.4 Å². The zero-order valence-electron chi connectivity index (χ0n) is 13.0. The van der Waals surface area contributed by atoms with Crippen LogP contribution in [0.3, 0.4) is 0 Å². The van der Waals surface area contributed by atoms with Gasteiger partial charge in [-0.1, -0.05) is 6.07 Å². The molecular weight excluding hydrogens is 320 g/mol. The summed E-state index contributed by atoms with van der Waals surface area (Å²) in [7, 11) is -2.69. The Morgan fingerprint density at radius 3 is 2.57 bits per heavy atom. The minimum Gasteiger partial charge on any atom is -0.469 e. The second-order valence-corrected chi connectivity index (χ2v) is 7.11. The molecule has 0 fully saturated rings. The van der Waals surface area contributed by atoms with E-state index in [4.69, 9.17) is 9.15 Å². The lowest BCUT2D eigenvalue weighted by Crippen LogP contribution is -2.43. The van der Waals surface area contributed by atoms with E-state index in [0.29, 0.717) is 5.76 Å². The summed E-state index contributed by atoms with van der Waals surface area (Å²) < 4.78 is 37.6. The van der Waals surface area contributed by atoms with E-state index in [2.05, 4.69) is 9.71 Å². The molecule has 2 rings (SSSR count). The van der Waals surface area contributed by atoms with Crippen LogP contribution in [0, 0.1) is 5.41 Å². The molecule has 124 valence electrons. The minimum atomic E-state index is -3.94. The number of furan rings is 1. The fraction of sp³-hybridized carbons (Fsp3) is 0.333. The average Bonchev–Trinajstić information content (AvgIpc) is 3.06. The lowest BCUT2D eigenvalue weighted by atomic mass is 9.83. The molecule has 0 aliphatic carbocycles. The van der Waals surface area contributed by atoms with Gasteiger partial charge in [-0.05, 0) is 38.1 Å². The Balaban J connectivity index is 2.42.